The number of nitrogens with zero attached hydrogens (tertiary/aromatic N) is 2. The van der Waals surface area contributed by atoms with Gasteiger partial charge in [-0.1, -0.05) is 109 Å². The van der Waals surface area contributed by atoms with Gasteiger partial charge in [-0.15, -0.1) is 11.3 Å². The van der Waals surface area contributed by atoms with Crippen molar-refractivity contribution in [2.45, 2.75) is 0 Å². The van der Waals surface area contributed by atoms with E-state index in [1.165, 1.54) is 58.9 Å². The molecule has 2 nitrogen and oxygen atoms in total. The minimum Gasteiger partial charge on any atom is -0.309 e. The maximum Gasteiger partial charge on any atom is 0.124 e. The van der Waals surface area contributed by atoms with E-state index in [2.05, 4.69) is 150 Å². The highest BCUT2D eigenvalue weighted by Gasteiger charge is 2.22. The maximum atomic E-state index is 4.73. The van der Waals surface area contributed by atoms with E-state index in [0.717, 1.165) is 21.9 Å². The first-order valence-electron chi connectivity index (χ1n) is 14.9. The summed E-state index contributed by atoms with van der Waals surface area (Å²) in [4.78, 5) is 8.25. The fourth-order valence-corrected chi connectivity index (χ4v) is 7.77. The van der Waals surface area contributed by atoms with Crippen molar-refractivity contribution in [2.75, 3.05) is 4.90 Å². The molecule has 0 aliphatic carbocycles. The number of fused-ring (bicyclic) bond motifs is 8. The van der Waals surface area contributed by atoms with Crippen LogP contribution in [0.15, 0.2) is 158 Å². The summed E-state index contributed by atoms with van der Waals surface area (Å²) in [5, 5.41) is 9.94. The highest BCUT2D eigenvalue weighted by atomic mass is 32.1. The molecule has 0 N–H and O–H groups in total. The minimum absolute atomic E-state index is 1.06. The van der Waals surface area contributed by atoms with Crippen molar-refractivity contribution in [2.24, 2.45) is 0 Å². The number of benzene rings is 7. The highest BCUT2D eigenvalue weighted by Crippen LogP contribution is 2.48. The summed E-state index contributed by atoms with van der Waals surface area (Å²) in [7, 11) is 0. The van der Waals surface area contributed by atoms with Crippen LogP contribution in [0.25, 0.3) is 63.7 Å². The monoisotopic (exact) mass is 578 g/mol. The Morgan fingerprint density at radius 1 is 0.455 bits per heavy atom. The molecule has 9 aromatic rings. The predicted octanol–water partition coefficient (Wildman–Crippen LogP) is 12.0. The van der Waals surface area contributed by atoms with E-state index < -0.39 is 0 Å². The lowest BCUT2D eigenvalue weighted by Crippen LogP contribution is -2.11. The average Bonchev–Trinajstić information content (AvgIpc) is 3.48. The number of rotatable bonds is 4. The molecule has 0 unspecified atom stereocenters. The normalized spacial score (nSPS) is 11.6. The highest BCUT2D eigenvalue weighted by molar-refractivity contribution is 7.25. The lowest BCUT2D eigenvalue weighted by molar-refractivity contribution is 1.32. The molecule has 206 valence electrons. The number of pyridine rings is 1. The molecule has 0 aliphatic heterocycles. The van der Waals surface area contributed by atoms with Gasteiger partial charge in [0.25, 0.3) is 0 Å². The van der Waals surface area contributed by atoms with Crippen LogP contribution in [-0.4, -0.2) is 4.98 Å². The van der Waals surface area contributed by atoms with E-state index in [1.54, 1.807) is 11.3 Å². The standard InChI is InChI=1S/C41H26N2S/c1-2-10-27(11-3-1)28-19-22-31(23-20-28)43(36-17-8-18-38-40(36)35-16-9-25-42-41(35)44-38)37-26-30-13-5-7-15-33(30)39-32-14-6-4-12-29(32)21-24-34(37)39/h1-26H. The first kappa shape index (κ1) is 25.0. The number of aromatic nitrogens is 1. The van der Waals surface area contributed by atoms with Gasteiger partial charge in [-0.05, 0) is 80.5 Å². The van der Waals surface area contributed by atoms with E-state index in [0.29, 0.717) is 0 Å². The van der Waals surface area contributed by atoms with Gasteiger partial charge in [0.15, 0.2) is 0 Å². The summed E-state index contributed by atoms with van der Waals surface area (Å²) in [6, 6.07) is 54.9. The predicted molar refractivity (Wildman–Crippen MR) is 190 cm³/mol. The first-order valence-corrected chi connectivity index (χ1v) is 15.7. The summed E-state index contributed by atoms with van der Waals surface area (Å²) >= 11 is 1.75. The molecule has 0 spiro atoms. The number of hydrogen-bond donors (Lipinski definition) is 0. The summed E-state index contributed by atoms with van der Waals surface area (Å²) < 4.78 is 1.23. The molecule has 0 amide bonds. The van der Waals surface area contributed by atoms with Crippen molar-refractivity contribution in [3.05, 3.63) is 158 Å². The lowest BCUT2D eigenvalue weighted by Gasteiger charge is -2.29. The van der Waals surface area contributed by atoms with Gasteiger partial charge in [0.1, 0.15) is 4.83 Å². The molecule has 0 saturated carbocycles. The van der Waals surface area contributed by atoms with E-state index in [-0.39, 0.29) is 0 Å². The van der Waals surface area contributed by atoms with Crippen molar-refractivity contribution in [1.82, 2.24) is 4.98 Å². The third-order valence-corrected chi connectivity index (χ3v) is 9.77. The third-order valence-electron chi connectivity index (χ3n) is 8.69. The zero-order valence-corrected chi connectivity index (χ0v) is 24.6. The Hall–Kier alpha value is -5.51. The molecule has 2 aromatic heterocycles. The van der Waals surface area contributed by atoms with Crippen molar-refractivity contribution in [1.29, 1.82) is 0 Å². The number of thiophene rings is 1. The van der Waals surface area contributed by atoms with Crippen LogP contribution in [0.1, 0.15) is 0 Å². The molecule has 0 atom stereocenters. The Morgan fingerprint density at radius 3 is 2.00 bits per heavy atom. The Kier molecular flexibility index (Phi) is 5.71. The Morgan fingerprint density at radius 2 is 1.16 bits per heavy atom. The van der Waals surface area contributed by atoms with Crippen LogP contribution in [0.2, 0.25) is 0 Å². The molecule has 44 heavy (non-hydrogen) atoms. The van der Waals surface area contributed by atoms with Gasteiger partial charge < -0.3 is 4.90 Å². The van der Waals surface area contributed by atoms with Crippen LogP contribution in [0, 0.1) is 0 Å². The van der Waals surface area contributed by atoms with E-state index in [1.807, 2.05) is 12.3 Å². The smallest absolute Gasteiger partial charge is 0.124 e. The summed E-state index contributed by atoms with van der Waals surface area (Å²) in [5.41, 5.74) is 5.84. The van der Waals surface area contributed by atoms with Gasteiger partial charge in [-0.25, -0.2) is 4.98 Å². The van der Waals surface area contributed by atoms with Crippen molar-refractivity contribution >= 4 is 81.0 Å². The van der Waals surface area contributed by atoms with Crippen molar-refractivity contribution in [3.63, 3.8) is 0 Å². The summed E-state index contributed by atoms with van der Waals surface area (Å²) in [6.45, 7) is 0. The van der Waals surface area contributed by atoms with Gasteiger partial charge in [0.05, 0.1) is 11.4 Å². The topological polar surface area (TPSA) is 16.1 Å². The minimum atomic E-state index is 1.06. The molecule has 0 radical (unpaired) electrons. The van der Waals surface area contributed by atoms with Crippen LogP contribution in [-0.2, 0) is 0 Å². The molecule has 7 aromatic carbocycles. The molecule has 9 rings (SSSR count). The largest absolute Gasteiger partial charge is 0.309 e. The number of anilines is 3. The third kappa shape index (κ3) is 3.90. The molecule has 3 heteroatoms. The van der Waals surface area contributed by atoms with Gasteiger partial charge in [0.2, 0.25) is 0 Å². The molecular weight excluding hydrogens is 553 g/mol. The van der Waals surface area contributed by atoms with Gasteiger partial charge in [0, 0.05) is 32.7 Å². The van der Waals surface area contributed by atoms with Crippen molar-refractivity contribution < 1.29 is 0 Å². The average molecular weight is 579 g/mol. The summed E-state index contributed by atoms with van der Waals surface area (Å²) in [6.07, 6.45) is 1.89. The van der Waals surface area contributed by atoms with Gasteiger partial charge in [-0.2, -0.15) is 0 Å². The Bertz CT molecular complexity index is 2480. The van der Waals surface area contributed by atoms with E-state index in [4.69, 9.17) is 4.98 Å². The molecule has 0 saturated heterocycles. The van der Waals surface area contributed by atoms with Crippen LogP contribution in [0.5, 0.6) is 0 Å². The molecule has 0 bridgehead atoms. The Balaban J connectivity index is 1.39. The maximum absolute atomic E-state index is 4.73. The fourth-order valence-electron chi connectivity index (χ4n) is 6.71. The van der Waals surface area contributed by atoms with Crippen LogP contribution < -0.4 is 4.90 Å². The molecule has 0 aliphatic rings. The molecule has 0 fully saturated rings. The van der Waals surface area contributed by atoms with Crippen molar-refractivity contribution in [3.8, 4) is 11.1 Å². The lowest BCUT2D eigenvalue weighted by atomic mass is 9.94. The van der Waals surface area contributed by atoms with Crippen LogP contribution in [0.3, 0.4) is 0 Å². The zero-order chi connectivity index (χ0) is 29.0. The van der Waals surface area contributed by atoms with Crippen LogP contribution in [0.4, 0.5) is 17.1 Å². The molecular formula is C41H26N2S. The van der Waals surface area contributed by atoms with Crippen LogP contribution >= 0.6 is 11.3 Å². The quantitative estimate of drug-likeness (QED) is 0.193. The van der Waals surface area contributed by atoms with E-state index in [9.17, 15) is 0 Å². The zero-order valence-electron chi connectivity index (χ0n) is 23.8. The second kappa shape index (κ2) is 10.0. The summed E-state index contributed by atoms with van der Waals surface area (Å²) in [5.74, 6) is 0. The first-order chi connectivity index (χ1) is 21.8. The second-order valence-corrected chi connectivity index (χ2v) is 12.2. The van der Waals surface area contributed by atoms with E-state index >= 15 is 0 Å². The molecule has 2 heterocycles. The second-order valence-electron chi connectivity index (χ2n) is 11.2. The number of hydrogen-bond acceptors (Lipinski definition) is 3. The fraction of sp³-hybridized carbons (Fsp3) is 0. The van der Waals surface area contributed by atoms with Gasteiger partial charge >= 0.3 is 0 Å². The Labute approximate surface area is 259 Å². The van der Waals surface area contributed by atoms with Gasteiger partial charge in [-0.3, -0.25) is 0 Å². The SMILES string of the molecule is c1ccc(-c2ccc(N(c3cc4ccccc4c4c3ccc3ccccc34)c3cccc4sc5ncccc5c34)cc2)cc1.